The molecule has 1 aromatic rings. The topological polar surface area (TPSA) is 101 Å². The second-order valence-corrected chi connectivity index (χ2v) is 7.75. The van der Waals surface area contributed by atoms with Gasteiger partial charge in [-0.1, -0.05) is 19.8 Å². The van der Waals surface area contributed by atoms with Crippen molar-refractivity contribution in [2.75, 3.05) is 5.75 Å². The van der Waals surface area contributed by atoms with Crippen molar-refractivity contribution < 1.29 is 23.1 Å². The lowest BCUT2D eigenvalue weighted by Gasteiger charge is -2.25. The highest BCUT2D eigenvalue weighted by molar-refractivity contribution is 7.91. The summed E-state index contributed by atoms with van der Waals surface area (Å²) in [6.45, 7) is 1.55. The molecule has 1 aliphatic carbocycles. The number of rotatable bonds is 5. The van der Waals surface area contributed by atoms with Crippen LogP contribution in [0.1, 0.15) is 43.0 Å². The van der Waals surface area contributed by atoms with E-state index in [0.717, 1.165) is 12.8 Å². The minimum Gasteiger partial charge on any atom is -0.480 e. The number of aliphatic carboxylic acids is 1. The van der Waals surface area contributed by atoms with Gasteiger partial charge in [-0.15, -0.1) is 0 Å². The third-order valence-corrected chi connectivity index (χ3v) is 5.83. The quantitative estimate of drug-likeness (QED) is 0.856. The molecule has 1 aromatic carbocycles. The summed E-state index contributed by atoms with van der Waals surface area (Å²) in [5, 5.41) is 11.9. The van der Waals surface area contributed by atoms with Crippen LogP contribution in [-0.4, -0.2) is 36.7 Å². The van der Waals surface area contributed by atoms with Crippen molar-refractivity contribution in [3.8, 4) is 0 Å². The number of amides is 1. The summed E-state index contributed by atoms with van der Waals surface area (Å²) in [7, 11) is -3.31. The average molecular weight is 325 g/mol. The molecule has 0 aromatic heterocycles. The van der Waals surface area contributed by atoms with Crippen molar-refractivity contribution in [3.63, 3.8) is 0 Å². The van der Waals surface area contributed by atoms with E-state index in [4.69, 9.17) is 0 Å². The van der Waals surface area contributed by atoms with Crippen molar-refractivity contribution >= 4 is 21.7 Å². The zero-order valence-electron chi connectivity index (χ0n) is 12.3. The minimum atomic E-state index is -3.31. The maximum Gasteiger partial charge on any atom is 0.329 e. The van der Waals surface area contributed by atoms with E-state index in [1.165, 1.54) is 24.3 Å². The summed E-state index contributed by atoms with van der Waals surface area (Å²) in [6, 6.07) is 5.55. The number of sulfone groups is 1. The van der Waals surface area contributed by atoms with Crippen LogP contribution in [0, 0.1) is 0 Å². The molecule has 0 spiro atoms. The van der Waals surface area contributed by atoms with Gasteiger partial charge >= 0.3 is 5.97 Å². The smallest absolute Gasteiger partial charge is 0.329 e. The molecule has 1 fully saturated rings. The molecule has 0 atom stereocenters. The van der Waals surface area contributed by atoms with Crippen LogP contribution >= 0.6 is 0 Å². The fourth-order valence-electron chi connectivity index (χ4n) is 2.64. The van der Waals surface area contributed by atoms with Gasteiger partial charge in [-0.2, -0.15) is 0 Å². The normalized spacial score (nSPS) is 17.1. The second kappa shape index (κ2) is 6.08. The van der Waals surface area contributed by atoms with Crippen molar-refractivity contribution in [2.24, 2.45) is 0 Å². The molecule has 1 aliphatic rings. The van der Waals surface area contributed by atoms with E-state index in [2.05, 4.69) is 5.32 Å². The van der Waals surface area contributed by atoms with Gasteiger partial charge in [0.15, 0.2) is 9.84 Å². The van der Waals surface area contributed by atoms with Gasteiger partial charge in [-0.3, -0.25) is 4.79 Å². The lowest BCUT2D eigenvalue weighted by atomic mass is 9.97. The first-order valence-electron chi connectivity index (χ1n) is 7.19. The number of carboxylic acid groups (broad SMARTS) is 1. The lowest BCUT2D eigenvalue weighted by molar-refractivity contribution is -0.144. The van der Waals surface area contributed by atoms with Gasteiger partial charge in [0, 0.05) is 5.56 Å². The predicted molar refractivity (Wildman–Crippen MR) is 80.5 cm³/mol. The first kappa shape index (κ1) is 16.5. The number of carboxylic acids is 1. The molecule has 0 unspecified atom stereocenters. The Kier molecular flexibility index (Phi) is 4.55. The molecule has 0 bridgehead atoms. The number of nitrogens with one attached hydrogen (secondary N) is 1. The molecule has 7 heteroatoms. The van der Waals surface area contributed by atoms with Crippen LogP contribution < -0.4 is 5.32 Å². The van der Waals surface area contributed by atoms with Crippen molar-refractivity contribution in [1.29, 1.82) is 0 Å². The SMILES string of the molecule is CCS(=O)(=O)c1ccc(C(=O)NC2(C(=O)O)CCCC2)cc1. The van der Waals surface area contributed by atoms with E-state index in [1.54, 1.807) is 6.92 Å². The maximum absolute atomic E-state index is 12.2. The molecule has 0 aliphatic heterocycles. The van der Waals surface area contributed by atoms with Crippen molar-refractivity contribution in [1.82, 2.24) is 5.32 Å². The fraction of sp³-hybridized carbons (Fsp3) is 0.467. The van der Waals surface area contributed by atoms with Crippen LogP contribution in [-0.2, 0) is 14.6 Å². The van der Waals surface area contributed by atoms with Crippen LogP contribution in [0.5, 0.6) is 0 Å². The number of carbonyl (C=O) groups is 2. The summed E-state index contributed by atoms with van der Waals surface area (Å²) >= 11 is 0. The van der Waals surface area contributed by atoms with E-state index in [1.807, 2.05) is 0 Å². The zero-order valence-corrected chi connectivity index (χ0v) is 13.1. The summed E-state index contributed by atoms with van der Waals surface area (Å²) in [6.07, 6.45) is 2.35. The minimum absolute atomic E-state index is 0.0132. The molecular weight excluding hydrogens is 306 g/mol. The first-order chi connectivity index (χ1) is 10.3. The van der Waals surface area contributed by atoms with E-state index >= 15 is 0 Å². The van der Waals surface area contributed by atoms with E-state index in [9.17, 15) is 23.1 Å². The van der Waals surface area contributed by atoms with Gasteiger partial charge in [0.2, 0.25) is 0 Å². The van der Waals surface area contributed by atoms with Crippen LogP contribution in [0.3, 0.4) is 0 Å². The van der Waals surface area contributed by atoms with Gasteiger partial charge in [-0.05, 0) is 37.1 Å². The molecule has 1 saturated carbocycles. The standard InChI is InChI=1S/C15H19NO5S/c1-2-22(20,21)12-7-5-11(6-8-12)13(17)16-15(14(18)19)9-3-4-10-15/h5-8H,2-4,9-10H2,1H3,(H,16,17)(H,18,19). The summed E-state index contributed by atoms with van der Waals surface area (Å²) in [4.78, 5) is 23.8. The molecule has 22 heavy (non-hydrogen) atoms. The third kappa shape index (κ3) is 3.14. The van der Waals surface area contributed by atoms with Gasteiger partial charge < -0.3 is 10.4 Å². The zero-order chi connectivity index (χ0) is 16.4. The Bertz CT molecular complexity index is 672. The Morgan fingerprint density at radius 3 is 2.18 bits per heavy atom. The van der Waals surface area contributed by atoms with Crippen molar-refractivity contribution in [2.45, 2.75) is 43.0 Å². The second-order valence-electron chi connectivity index (χ2n) is 5.48. The Morgan fingerprint density at radius 2 is 1.73 bits per heavy atom. The van der Waals surface area contributed by atoms with Gasteiger partial charge in [0.25, 0.3) is 5.91 Å². The lowest BCUT2D eigenvalue weighted by Crippen LogP contribution is -2.52. The Labute approximate surface area is 129 Å². The van der Waals surface area contributed by atoms with E-state index in [0.29, 0.717) is 12.8 Å². The predicted octanol–water partition coefficient (Wildman–Crippen LogP) is 1.61. The molecule has 0 radical (unpaired) electrons. The summed E-state index contributed by atoms with van der Waals surface area (Å²) < 4.78 is 23.4. The highest BCUT2D eigenvalue weighted by atomic mass is 32.2. The van der Waals surface area contributed by atoms with Gasteiger partial charge in [0.05, 0.1) is 10.6 Å². The van der Waals surface area contributed by atoms with E-state index in [-0.39, 0.29) is 16.2 Å². The number of carbonyl (C=O) groups excluding carboxylic acids is 1. The largest absolute Gasteiger partial charge is 0.480 e. The van der Waals surface area contributed by atoms with Crippen molar-refractivity contribution in [3.05, 3.63) is 29.8 Å². The van der Waals surface area contributed by atoms with Crippen LogP contribution in [0.4, 0.5) is 0 Å². The molecule has 0 heterocycles. The highest BCUT2D eigenvalue weighted by Gasteiger charge is 2.42. The molecule has 1 amide bonds. The van der Waals surface area contributed by atoms with Gasteiger partial charge in [0.1, 0.15) is 5.54 Å². The molecule has 120 valence electrons. The number of benzene rings is 1. The Hall–Kier alpha value is -1.89. The average Bonchev–Trinajstić information content (AvgIpc) is 2.97. The van der Waals surface area contributed by atoms with Crippen LogP contribution in [0.15, 0.2) is 29.2 Å². The number of hydrogen-bond acceptors (Lipinski definition) is 4. The first-order valence-corrected chi connectivity index (χ1v) is 8.85. The molecule has 0 saturated heterocycles. The Balaban J connectivity index is 2.18. The van der Waals surface area contributed by atoms with Gasteiger partial charge in [-0.25, -0.2) is 13.2 Å². The fourth-order valence-corrected chi connectivity index (χ4v) is 3.52. The highest BCUT2D eigenvalue weighted by Crippen LogP contribution is 2.30. The summed E-state index contributed by atoms with van der Waals surface area (Å²) in [5.74, 6) is -1.53. The molecule has 6 nitrogen and oxygen atoms in total. The summed E-state index contributed by atoms with van der Waals surface area (Å²) in [5.41, 5.74) is -0.951. The molecular formula is C15H19NO5S. The maximum atomic E-state index is 12.2. The van der Waals surface area contributed by atoms with E-state index < -0.39 is 27.3 Å². The molecule has 2 rings (SSSR count). The third-order valence-electron chi connectivity index (χ3n) is 4.07. The monoisotopic (exact) mass is 325 g/mol. The molecule has 2 N–H and O–H groups in total. The Morgan fingerprint density at radius 1 is 1.18 bits per heavy atom. The van der Waals surface area contributed by atoms with Crippen LogP contribution in [0.25, 0.3) is 0 Å². The number of hydrogen-bond donors (Lipinski definition) is 2. The van der Waals surface area contributed by atoms with Crippen LogP contribution in [0.2, 0.25) is 0 Å².